The number of anilines is 1. The Hall–Kier alpha value is -3.98. The van der Waals surface area contributed by atoms with Crippen molar-refractivity contribution in [2.45, 2.75) is 25.9 Å². The van der Waals surface area contributed by atoms with Gasteiger partial charge >= 0.3 is 0 Å². The fourth-order valence-corrected chi connectivity index (χ4v) is 3.74. The van der Waals surface area contributed by atoms with Gasteiger partial charge in [0.15, 0.2) is 0 Å². The molecule has 8 nitrogen and oxygen atoms in total. The van der Waals surface area contributed by atoms with Gasteiger partial charge in [-0.05, 0) is 38.0 Å². The van der Waals surface area contributed by atoms with Gasteiger partial charge in [-0.15, -0.1) is 0 Å². The maximum Gasteiger partial charge on any atom is 0.251 e. The normalized spacial score (nSPS) is 11.4. The highest BCUT2D eigenvalue weighted by atomic mass is 19.1. The molecule has 0 spiro atoms. The molecule has 0 aliphatic carbocycles. The summed E-state index contributed by atoms with van der Waals surface area (Å²) < 4.78 is 14.4. The number of carbonyl (C=O) groups excluding carboxylic acids is 1. The van der Waals surface area contributed by atoms with Crippen LogP contribution in [0.15, 0.2) is 55.1 Å². The number of pyridine rings is 2. The van der Waals surface area contributed by atoms with E-state index >= 15 is 0 Å². The van der Waals surface area contributed by atoms with Crippen LogP contribution in [0, 0.1) is 5.82 Å². The summed E-state index contributed by atoms with van der Waals surface area (Å²) in [6, 6.07) is 10.5. The zero-order valence-corrected chi connectivity index (χ0v) is 19.1. The maximum absolute atomic E-state index is 14.4. The highest BCUT2D eigenvalue weighted by molar-refractivity contribution is 6.06. The molecule has 9 heteroatoms. The van der Waals surface area contributed by atoms with Crippen LogP contribution in [0.5, 0.6) is 0 Å². The molecule has 1 amide bonds. The number of rotatable bonds is 7. The summed E-state index contributed by atoms with van der Waals surface area (Å²) in [5, 5.41) is 16.7. The molecule has 0 unspecified atom stereocenters. The number of benzene rings is 1. The van der Waals surface area contributed by atoms with E-state index in [-0.39, 0.29) is 11.6 Å². The predicted molar refractivity (Wildman–Crippen MR) is 128 cm³/mol. The molecule has 0 radical (unpaired) electrons. The van der Waals surface area contributed by atoms with Crippen LogP contribution in [-0.4, -0.2) is 44.5 Å². The Morgan fingerprint density at radius 1 is 1.12 bits per heavy atom. The summed E-state index contributed by atoms with van der Waals surface area (Å²) >= 11 is 0. The lowest BCUT2D eigenvalue weighted by atomic mass is 10.0. The molecule has 0 atom stereocenters. The van der Waals surface area contributed by atoms with Crippen LogP contribution in [0.4, 0.5) is 10.2 Å². The van der Waals surface area contributed by atoms with E-state index in [2.05, 4.69) is 30.6 Å². The molecular formula is C25H25FN6O2. The van der Waals surface area contributed by atoms with E-state index in [1.807, 2.05) is 18.2 Å². The van der Waals surface area contributed by atoms with Crippen LogP contribution in [0.3, 0.4) is 0 Å². The molecule has 174 valence electrons. The first-order valence-electron chi connectivity index (χ1n) is 10.8. The van der Waals surface area contributed by atoms with E-state index in [4.69, 9.17) is 0 Å². The second-order valence-electron chi connectivity index (χ2n) is 8.33. The summed E-state index contributed by atoms with van der Waals surface area (Å²) in [6.45, 7) is 3.52. The molecule has 0 aliphatic heterocycles. The van der Waals surface area contributed by atoms with Crippen LogP contribution in [0.1, 0.15) is 35.5 Å². The van der Waals surface area contributed by atoms with Gasteiger partial charge in [-0.1, -0.05) is 18.2 Å². The Morgan fingerprint density at radius 2 is 1.94 bits per heavy atom. The lowest BCUT2D eigenvalue weighted by molar-refractivity contribution is 0.0695. The molecule has 4 rings (SSSR count). The SMILES string of the molecule is CNC(=O)c1ccnc2c(CCNc3cc(-c4cnc(C(C)(C)O)c(F)c4)ncn3)cccc12. The monoisotopic (exact) mass is 460 g/mol. The van der Waals surface area contributed by atoms with Crippen molar-refractivity contribution in [2.24, 2.45) is 0 Å². The third-order valence-corrected chi connectivity index (χ3v) is 5.41. The molecule has 0 saturated carbocycles. The number of aliphatic hydroxyl groups is 1. The van der Waals surface area contributed by atoms with Gasteiger partial charge in [0, 0.05) is 43.0 Å². The van der Waals surface area contributed by atoms with Crippen molar-refractivity contribution >= 4 is 22.6 Å². The Kier molecular flexibility index (Phi) is 6.47. The van der Waals surface area contributed by atoms with Gasteiger partial charge in [-0.2, -0.15) is 0 Å². The summed E-state index contributed by atoms with van der Waals surface area (Å²) in [5.41, 5.74) is 1.95. The van der Waals surface area contributed by atoms with Gasteiger partial charge in [-0.3, -0.25) is 14.8 Å². The number of halogens is 1. The van der Waals surface area contributed by atoms with Crippen LogP contribution in [0.2, 0.25) is 0 Å². The second kappa shape index (κ2) is 9.48. The predicted octanol–water partition coefficient (Wildman–Crippen LogP) is 3.47. The first kappa shape index (κ1) is 23.2. The molecule has 0 fully saturated rings. The highest BCUT2D eigenvalue weighted by Crippen LogP contribution is 2.25. The van der Waals surface area contributed by atoms with Gasteiger partial charge < -0.3 is 15.7 Å². The molecule has 3 N–H and O–H groups in total. The zero-order valence-electron chi connectivity index (χ0n) is 19.1. The minimum Gasteiger partial charge on any atom is -0.384 e. The smallest absolute Gasteiger partial charge is 0.251 e. The fraction of sp³-hybridized carbons (Fsp3) is 0.240. The molecule has 34 heavy (non-hydrogen) atoms. The molecule has 3 heterocycles. The first-order valence-corrected chi connectivity index (χ1v) is 10.8. The molecule has 0 saturated heterocycles. The quantitative estimate of drug-likeness (QED) is 0.387. The summed E-state index contributed by atoms with van der Waals surface area (Å²) in [6.07, 6.45) is 5.16. The molecular weight excluding hydrogens is 435 g/mol. The van der Waals surface area contributed by atoms with E-state index in [0.717, 1.165) is 16.5 Å². The van der Waals surface area contributed by atoms with Gasteiger partial charge in [0.05, 0.1) is 16.8 Å². The largest absolute Gasteiger partial charge is 0.384 e. The number of fused-ring (bicyclic) bond motifs is 1. The lowest BCUT2D eigenvalue weighted by Gasteiger charge is -2.17. The van der Waals surface area contributed by atoms with Gasteiger partial charge in [0.25, 0.3) is 5.91 Å². The number of aromatic nitrogens is 4. The summed E-state index contributed by atoms with van der Waals surface area (Å²) in [7, 11) is 1.60. The number of nitrogens with one attached hydrogen (secondary N) is 2. The van der Waals surface area contributed by atoms with Crippen LogP contribution in [0.25, 0.3) is 22.2 Å². The Morgan fingerprint density at radius 3 is 2.68 bits per heavy atom. The van der Waals surface area contributed by atoms with Gasteiger partial charge in [0.1, 0.15) is 29.3 Å². The van der Waals surface area contributed by atoms with Crippen molar-refractivity contribution in [1.29, 1.82) is 0 Å². The van der Waals surface area contributed by atoms with Crippen LogP contribution in [-0.2, 0) is 12.0 Å². The third-order valence-electron chi connectivity index (χ3n) is 5.41. The average molecular weight is 461 g/mol. The van der Waals surface area contributed by atoms with Crippen LogP contribution >= 0.6 is 0 Å². The number of hydrogen-bond donors (Lipinski definition) is 3. The van der Waals surface area contributed by atoms with Crippen molar-refractivity contribution in [3.8, 4) is 11.3 Å². The molecule has 4 aromatic rings. The molecule has 1 aromatic carbocycles. The average Bonchev–Trinajstić information content (AvgIpc) is 2.82. The van der Waals surface area contributed by atoms with Crippen LogP contribution < -0.4 is 10.6 Å². The Balaban J connectivity index is 1.50. The van der Waals surface area contributed by atoms with E-state index in [9.17, 15) is 14.3 Å². The standard InChI is InChI=1S/C25H25FN6O2/c1-25(2,34)23-19(26)11-16(13-30-23)20-12-21(32-14-31-20)28-9-7-15-5-4-6-17-18(24(33)27-3)8-10-29-22(15)17/h4-6,8,10-14,34H,7,9H2,1-3H3,(H,27,33)(H,28,31,32). The second-order valence-corrected chi connectivity index (χ2v) is 8.33. The van der Waals surface area contributed by atoms with Crippen molar-refractivity contribution in [3.05, 3.63) is 77.8 Å². The molecule has 0 bridgehead atoms. The Labute approximate surface area is 196 Å². The fourth-order valence-electron chi connectivity index (χ4n) is 3.74. The molecule has 0 aliphatic rings. The Bertz CT molecular complexity index is 1350. The number of carbonyl (C=O) groups is 1. The number of nitrogens with zero attached hydrogens (tertiary/aromatic N) is 4. The third kappa shape index (κ3) is 4.84. The van der Waals surface area contributed by atoms with Crippen molar-refractivity contribution in [1.82, 2.24) is 25.3 Å². The van der Waals surface area contributed by atoms with Crippen molar-refractivity contribution in [3.63, 3.8) is 0 Å². The van der Waals surface area contributed by atoms with E-state index in [1.54, 1.807) is 25.4 Å². The first-order chi connectivity index (χ1) is 16.3. The molecule has 3 aromatic heterocycles. The van der Waals surface area contributed by atoms with Crippen molar-refractivity contribution < 1.29 is 14.3 Å². The summed E-state index contributed by atoms with van der Waals surface area (Å²) in [5.74, 6) is -0.174. The van der Waals surface area contributed by atoms with Crippen molar-refractivity contribution in [2.75, 3.05) is 18.9 Å². The van der Waals surface area contributed by atoms with Gasteiger partial charge in [0.2, 0.25) is 0 Å². The van der Waals surface area contributed by atoms with Gasteiger partial charge in [-0.25, -0.2) is 14.4 Å². The number of hydrogen-bond acceptors (Lipinski definition) is 7. The lowest BCUT2D eigenvalue weighted by Crippen LogP contribution is -2.19. The van der Waals surface area contributed by atoms with E-state index < -0.39 is 11.4 Å². The zero-order chi connectivity index (χ0) is 24.3. The highest BCUT2D eigenvalue weighted by Gasteiger charge is 2.23. The van der Waals surface area contributed by atoms with E-state index in [0.29, 0.717) is 35.6 Å². The number of para-hydroxylation sites is 1. The topological polar surface area (TPSA) is 113 Å². The number of amides is 1. The minimum absolute atomic E-state index is 0.0214. The maximum atomic E-state index is 14.4. The summed E-state index contributed by atoms with van der Waals surface area (Å²) in [4.78, 5) is 29.2. The van der Waals surface area contributed by atoms with E-state index in [1.165, 1.54) is 32.4 Å². The minimum atomic E-state index is -1.38.